The summed E-state index contributed by atoms with van der Waals surface area (Å²) in [4.78, 5) is 7.93. The van der Waals surface area contributed by atoms with Gasteiger partial charge in [-0.2, -0.15) is 5.26 Å². The van der Waals surface area contributed by atoms with Crippen molar-refractivity contribution in [2.24, 2.45) is 5.92 Å². The molecule has 4 heteroatoms. The lowest BCUT2D eigenvalue weighted by Gasteiger charge is -2.08. The highest BCUT2D eigenvalue weighted by molar-refractivity contribution is 5.39. The number of anilines is 1. The Bertz CT molecular complexity index is 597. The quantitative estimate of drug-likeness (QED) is 0.903. The molecule has 1 N–H and O–H groups in total. The summed E-state index contributed by atoms with van der Waals surface area (Å²) in [5.74, 6) is 1.34. The number of nitriles is 1. The first-order chi connectivity index (χ1) is 9.67. The first-order valence-corrected chi connectivity index (χ1v) is 6.71. The molecule has 0 unspecified atom stereocenters. The van der Waals surface area contributed by atoms with Crippen molar-refractivity contribution < 1.29 is 0 Å². The van der Waals surface area contributed by atoms with Crippen molar-refractivity contribution in [3.05, 3.63) is 53.5 Å². The predicted octanol–water partition coefficient (Wildman–Crippen LogP) is 3.16. The number of hydrogen-bond acceptors (Lipinski definition) is 4. The van der Waals surface area contributed by atoms with Gasteiger partial charge in [-0.05, 0) is 23.5 Å². The Kier molecular flexibility index (Phi) is 4.67. The maximum Gasteiger partial charge on any atom is 0.145 e. The second kappa shape index (κ2) is 6.67. The average molecular weight is 266 g/mol. The van der Waals surface area contributed by atoms with Crippen LogP contribution in [0.3, 0.4) is 0 Å². The van der Waals surface area contributed by atoms with Crippen molar-refractivity contribution >= 4 is 5.82 Å². The summed E-state index contributed by atoms with van der Waals surface area (Å²) in [5, 5.41) is 12.0. The highest BCUT2D eigenvalue weighted by Crippen LogP contribution is 2.11. The van der Waals surface area contributed by atoms with Crippen LogP contribution in [0.15, 0.2) is 36.7 Å². The van der Waals surface area contributed by atoms with E-state index in [1.807, 2.05) is 6.07 Å². The molecule has 0 aliphatic heterocycles. The second-order valence-electron chi connectivity index (χ2n) is 5.17. The topological polar surface area (TPSA) is 61.6 Å². The SMILES string of the molecule is CC(C)Cc1ccc(CNc2cc(C#N)ncn2)cc1. The van der Waals surface area contributed by atoms with Gasteiger partial charge in [0.2, 0.25) is 0 Å². The fourth-order valence-corrected chi connectivity index (χ4v) is 1.97. The molecule has 0 bridgehead atoms. The van der Waals surface area contributed by atoms with E-state index in [0.29, 0.717) is 24.0 Å². The van der Waals surface area contributed by atoms with Gasteiger partial charge in [0.15, 0.2) is 0 Å². The van der Waals surface area contributed by atoms with Crippen LogP contribution in [0, 0.1) is 17.2 Å². The number of aromatic nitrogens is 2. The molecule has 0 saturated heterocycles. The first kappa shape index (κ1) is 14.0. The molecule has 4 nitrogen and oxygen atoms in total. The molecule has 102 valence electrons. The lowest BCUT2D eigenvalue weighted by molar-refractivity contribution is 0.647. The van der Waals surface area contributed by atoms with E-state index in [0.717, 1.165) is 6.42 Å². The third kappa shape index (κ3) is 4.06. The van der Waals surface area contributed by atoms with Crippen LogP contribution in [0.4, 0.5) is 5.82 Å². The summed E-state index contributed by atoms with van der Waals surface area (Å²) in [6, 6.07) is 12.2. The molecule has 1 heterocycles. The van der Waals surface area contributed by atoms with Crippen LogP contribution in [0.2, 0.25) is 0 Å². The van der Waals surface area contributed by atoms with Gasteiger partial charge in [-0.3, -0.25) is 0 Å². The summed E-state index contributed by atoms with van der Waals surface area (Å²) in [7, 11) is 0. The van der Waals surface area contributed by atoms with E-state index in [-0.39, 0.29) is 0 Å². The zero-order chi connectivity index (χ0) is 14.4. The van der Waals surface area contributed by atoms with Gasteiger partial charge in [-0.15, -0.1) is 0 Å². The Morgan fingerprint density at radius 1 is 1.15 bits per heavy atom. The van der Waals surface area contributed by atoms with Gasteiger partial charge < -0.3 is 5.32 Å². The molecule has 0 spiro atoms. The molecule has 1 aromatic carbocycles. The summed E-state index contributed by atoms with van der Waals surface area (Å²) in [5.41, 5.74) is 2.92. The summed E-state index contributed by atoms with van der Waals surface area (Å²) < 4.78 is 0. The van der Waals surface area contributed by atoms with Crippen molar-refractivity contribution in [2.45, 2.75) is 26.8 Å². The molecular formula is C16H18N4. The summed E-state index contributed by atoms with van der Waals surface area (Å²) >= 11 is 0. The van der Waals surface area contributed by atoms with E-state index in [1.54, 1.807) is 6.07 Å². The minimum absolute atomic E-state index is 0.370. The van der Waals surface area contributed by atoms with Crippen LogP contribution in [0.1, 0.15) is 30.7 Å². The molecule has 2 aromatic rings. The zero-order valence-electron chi connectivity index (χ0n) is 11.8. The fourth-order valence-electron chi connectivity index (χ4n) is 1.97. The second-order valence-corrected chi connectivity index (χ2v) is 5.17. The number of nitrogens with zero attached hydrogens (tertiary/aromatic N) is 3. The van der Waals surface area contributed by atoms with E-state index >= 15 is 0 Å². The fraction of sp³-hybridized carbons (Fsp3) is 0.312. The molecule has 0 radical (unpaired) electrons. The number of nitrogens with one attached hydrogen (secondary N) is 1. The molecule has 20 heavy (non-hydrogen) atoms. The smallest absolute Gasteiger partial charge is 0.145 e. The van der Waals surface area contributed by atoms with Gasteiger partial charge in [0.25, 0.3) is 0 Å². The van der Waals surface area contributed by atoms with E-state index in [1.165, 1.54) is 17.5 Å². The third-order valence-corrected chi connectivity index (χ3v) is 2.92. The Hall–Kier alpha value is -2.41. The lowest BCUT2D eigenvalue weighted by atomic mass is 10.0. The van der Waals surface area contributed by atoms with E-state index in [4.69, 9.17) is 5.26 Å². The van der Waals surface area contributed by atoms with Gasteiger partial charge in [0.1, 0.15) is 23.9 Å². The first-order valence-electron chi connectivity index (χ1n) is 6.71. The van der Waals surface area contributed by atoms with E-state index in [2.05, 4.69) is 53.4 Å². The standard InChI is InChI=1S/C16H18N4/c1-12(2)7-13-3-5-14(6-4-13)10-18-16-8-15(9-17)19-11-20-16/h3-6,8,11-12H,7,10H2,1-2H3,(H,18,19,20). The van der Waals surface area contributed by atoms with Crippen molar-refractivity contribution in [3.63, 3.8) is 0 Å². The normalized spacial score (nSPS) is 10.3. The highest BCUT2D eigenvalue weighted by Gasteiger charge is 2.00. The minimum Gasteiger partial charge on any atom is -0.366 e. The van der Waals surface area contributed by atoms with Gasteiger partial charge in [0.05, 0.1) is 0 Å². The largest absolute Gasteiger partial charge is 0.366 e. The molecule has 1 aromatic heterocycles. The van der Waals surface area contributed by atoms with Gasteiger partial charge in [-0.1, -0.05) is 38.1 Å². The van der Waals surface area contributed by atoms with Crippen molar-refractivity contribution in [3.8, 4) is 6.07 Å². The van der Waals surface area contributed by atoms with Gasteiger partial charge in [0, 0.05) is 12.6 Å². The third-order valence-electron chi connectivity index (χ3n) is 2.92. The molecule has 2 rings (SSSR count). The molecule has 0 saturated carbocycles. The van der Waals surface area contributed by atoms with E-state index < -0.39 is 0 Å². The van der Waals surface area contributed by atoms with Gasteiger partial charge >= 0.3 is 0 Å². The average Bonchev–Trinajstić information content (AvgIpc) is 2.46. The molecule has 0 amide bonds. The number of hydrogen-bond donors (Lipinski definition) is 1. The van der Waals surface area contributed by atoms with Crippen molar-refractivity contribution in [2.75, 3.05) is 5.32 Å². The molecule has 0 fully saturated rings. The van der Waals surface area contributed by atoms with Crippen LogP contribution < -0.4 is 5.32 Å². The van der Waals surface area contributed by atoms with Crippen LogP contribution in [0.25, 0.3) is 0 Å². The highest BCUT2D eigenvalue weighted by atomic mass is 15.0. The zero-order valence-corrected chi connectivity index (χ0v) is 11.8. The molecule has 0 aliphatic carbocycles. The monoisotopic (exact) mass is 266 g/mol. The molecule has 0 aliphatic rings. The minimum atomic E-state index is 0.370. The Balaban J connectivity index is 1.95. The molecular weight excluding hydrogens is 248 g/mol. The number of rotatable bonds is 5. The van der Waals surface area contributed by atoms with Crippen LogP contribution in [-0.2, 0) is 13.0 Å². The van der Waals surface area contributed by atoms with Gasteiger partial charge in [-0.25, -0.2) is 9.97 Å². The lowest BCUT2D eigenvalue weighted by Crippen LogP contribution is -2.02. The van der Waals surface area contributed by atoms with Crippen molar-refractivity contribution in [1.29, 1.82) is 5.26 Å². The van der Waals surface area contributed by atoms with Crippen LogP contribution >= 0.6 is 0 Å². The Morgan fingerprint density at radius 2 is 1.85 bits per heavy atom. The van der Waals surface area contributed by atoms with Crippen LogP contribution in [-0.4, -0.2) is 9.97 Å². The summed E-state index contributed by atoms with van der Waals surface area (Å²) in [6.45, 7) is 5.12. The maximum atomic E-state index is 8.78. The summed E-state index contributed by atoms with van der Waals surface area (Å²) in [6.07, 6.45) is 2.50. The number of benzene rings is 1. The Labute approximate surface area is 119 Å². The maximum absolute atomic E-state index is 8.78. The molecule has 0 atom stereocenters. The van der Waals surface area contributed by atoms with Crippen molar-refractivity contribution in [1.82, 2.24) is 9.97 Å². The van der Waals surface area contributed by atoms with Crippen LogP contribution in [0.5, 0.6) is 0 Å². The Morgan fingerprint density at radius 3 is 2.50 bits per heavy atom. The van der Waals surface area contributed by atoms with E-state index in [9.17, 15) is 0 Å². The predicted molar refractivity (Wildman–Crippen MR) is 79.1 cm³/mol.